The smallest absolute Gasteiger partial charge is 0.136 e. The monoisotopic (exact) mass is 324 g/mol. The zero-order valence-electron chi connectivity index (χ0n) is 15.6. The summed E-state index contributed by atoms with van der Waals surface area (Å²) in [6.07, 6.45) is 20.5. The normalized spacial score (nSPS) is 15.9. The quantitative estimate of drug-likeness (QED) is 0.323. The van der Waals surface area contributed by atoms with Gasteiger partial charge in [-0.05, 0) is 19.3 Å². The first-order valence-electron chi connectivity index (χ1n) is 10.4. The molecule has 1 aliphatic heterocycles. The van der Waals surface area contributed by atoms with Crippen molar-refractivity contribution in [2.75, 3.05) is 13.2 Å². The van der Waals surface area contributed by atoms with E-state index < -0.39 is 0 Å². The van der Waals surface area contributed by atoms with Crippen LogP contribution in [0.15, 0.2) is 0 Å². The number of ketones is 1. The molecule has 0 aromatic carbocycles. The van der Waals surface area contributed by atoms with E-state index in [2.05, 4.69) is 6.92 Å². The maximum absolute atomic E-state index is 12.0. The standard InChI is InChI=1S/C21H40O2/c1-2-3-4-5-6-7-8-9-10-11-12-13-14-15-21(22)20-16-18-23-19-17-20/h20H,2-19H2,1H3. The molecule has 0 aromatic rings. The summed E-state index contributed by atoms with van der Waals surface area (Å²) < 4.78 is 5.32. The Labute approximate surface area is 144 Å². The highest BCUT2D eigenvalue weighted by Crippen LogP contribution is 2.19. The van der Waals surface area contributed by atoms with Crippen molar-refractivity contribution < 1.29 is 9.53 Å². The Bertz CT molecular complexity index is 269. The number of carbonyl (C=O) groups excluding carboxylic acids is 1. The second-order valence-corrected chi connectivity index (χ2v) is 7.35. The van der Waals surface area contributed by atoms with Gasteiger partial charge >= 0.3 is 0 Å². The fourth-order valence-corrected chi connectivity index (χ4v) is 3.54. The van der Waals surface area contributed by atoms with Gasteiger partial charge in [-0.15, -0.1) is 0 Å². The minimum Gasteiger partial charge on any atom is -0.381 e. The van der Waals surface area contributed by atoms with E-state index in [0.717, 1.165) is 38.9 Å². The van der Waals surface area contributed by atoms with Gasteiger partial charge in [0.25, 0.3) is 0 Å². The minimum absolute atomic E-state index is 0.307. The minimum atomic E-state index is 0.307. The molecule has 1 aliphatic rings. The van der Waals surface area contributed by atoms with Crippen molar-refractivity contribution in [3.63, 3.8) is 0 Å². The summed E-state index contributed by atoms with van der Waals surface area (Å²) in [5, 5.41) is 0. The third-order valence-electron chi connectivity index (χ3n) is 5.20. The van der Waals surface area contributed by atoms with Crippen molar-refractivity contribution in [1.82, 2.24) is 0 Å². The van der Waals surface area contributed by atoms with E-state index in [1.54, 1.807) is 0 Å². The van der Waals surface area contributed by atoms with Gasteiger partial charge in [0, 0.05) is 25.6 Å². The van der Waals surface area contributed by atoms with Crippen molar-refractivity contribution in [1.29, 1.82) is 0 Å². The predicted octanol–water partition coefficient (Wildman–Crippen LogP) is 6.46. The van der Waals surface area contributed by atoms with Crippen molar-refractivity contribution in [3.8, 4) is 0 Å². The zero-order valence-corrected chi connectivity index (χ0v) is 15.6. The highest BCUT2D eigenvalue weighted by molar-refractivity contribution is 5.80. The van der Waals surface area contributed by atoms with Gasteiger partial charge in [-0.1, -0.05) is 84.0 Å². The summed E-state index contributed by atoms with van der Waals surface area (Å²) in [7, 11) is 0. The average molecular weight is 325 g/mol. The molecule has 0 saturated carbocycles. The molecule has 2 heteroatoms. The van der Waals surface area contributed by atoms with Crippen LogP contribution in [0.25, 0.3) is 0 Å². The largest absolute Gasteiger partial charge is 0.381 e. The molecular weight excluding hydrogens is 284 g/mol. The van der Waals surface area contributed by atoms with Gasteiger partial charge in [0.1, 0.15) is 5.78 Å². The molecule has 0 bridgehead atoms. The molecule has 136 valence electrons. The zero-order chi connectivity index (χ0) is 16.6. The molecule has 0 atom stereocenters. The third kappa shape index (κ3) is 11.8. The molecule has 0 spiro atoms. The summed E-state index contributed by atoms with van der Waals surface area (Å²) in [4.78, 5) is 12.0. The van der Waals surface area contributed by atoms with Crippen molar-refractivity contribution in [2.24, 2.45) is 5.92 Å². The first-order valence-corrected chi connectivity index (χ1v) is 10.4. The van der Waals surface area contributed by atoms with Crippen LogP contribution in [0.5, 0.6) is 0 Å². The maximum atomic E-state index is 12.0. The molecule has 0 aromatic heterocycles. The molecule has 0 aliphatic carbocycles. The lowest BCUT2D eigenvalue weighted by Crippen LogP contribution is -2.23. The van der Waals surface area contributed by atoms with E-state index >= 15 is 0 Å². The SMILES string of the molecule is CCCCCCCCCCCCCCCC(=O)C1CCOCC1. The average Bonchev–Trinajstić information content (AvgIpc) is 2.59. The first-order chi connectivity index (χ1) is 11.3. The van der Waals surface area contributed by atoms with Crippen molar-refractivity contribution in [2.45, 2.75) is 110 Å². The van der Waals surface area contributed by atoms with Crippen LogP contribution >= 0.6 is 0 Å². The Morgan fingerprint density at radius 1 is 0.739 bits per heavy atom. The molecule has 2 nitrogen and oxygen atoms in total. The van der Waals surface area contributed by atoms with E-state index in [1.165, 1.54) is 77.0 Å². The molecule has 0 amide bonds. The van der Waals surface area contributed by atoms with Gasteiger partial charge in [-0.2, -0.15) is 0 Å². The molecular formula is C21H40O2. The molecule has 0 radical (unpaired) electrons. The number of hydrogen-bond acceptors (Lipinski definition) is 2. The Morgan fingerprint density at radius 3 is 1.65 bits per heavy atom. The molecule has 23 heavy (non-hydrogen) atoms. The Morgan fingerprint density at radius 2 is 1.17 bits per heavy atom. The van der Waals surface area contributed by atoms with Crippen LogP contribution in [0.2, 0.25) is 0 Å². The van der Waals surface area contributed by atoms with Crippen molar-refractivity contribution in [3.05, 3.63) is 0 Å². The summed E-state index contributed by atoms with van der Waals surface area (Å²) in [5.74, 6) is 0.803. The number of carbonyl (C=O) groups is 1. The lowest BCUT2D eigenvalue weighted by atomic mass is 9.92. The lowest BCUT2D eigenvalue weighted by molar-refractivity contribution is -0.125. The van der Waals surface area contributed by atoms with Gasteiger partial charge in [0.2, 0.25) is 0 Å². The van der Waals surface area contributed by atoms with Crippen LogP contribution < -0.4 is 0 Å². The van der Waals surface area contributed by atoms with Gasteiger partial charge in [-0.25, -0.2) is 0 Å². The van der Waals surface area contributed by atoms with Crippen LogP contribution in [-0.4, -0.2) is 19.0 Å². The Kier molecular flexibility index (Phi) is 13.6. The predicted molar refractivity (Wildman–Crippen MR) is 98.9 cm³/mol. The number of ether oxygens (including phenoxy) is 1. The molecule has 1 fully saturated rings. The molecule has 1 rings (SSSR count). The molecule has 1 heterocycles. The first kappa shape index (κ1) is 20.7. The number of unbranched alkanes of at least 4 members (excludes halogenated alkanes) is 12. The van der Waals surface area contributed by atoms with E-state index in [9.17, 15) is 4.79 Å². The van der Waals surface area contributed by atoms with E-state index in [1.807, 2.05) is 0 Å². The highest BCUT2D eigenvalue weighted by Gasteiger charge is 2.20. The van der Waals surface area contributed by atoms with Gasteiger partial charge < -0.3 is 4.74 Å². The topological polar surface area (TPSA) is 26.3 Å². The maximum Gasteiger partial charge on any atom is 0.136 e. The molecule has 1 saturated heterocycles. The number of Topliss-reactive ketones (excluding diaryl/α,β-unsaturated/α-hetero) is 1. The van der Waals surface area contributed by atoms with E-state index in [0.29, 0.717) is 11.7 Å². The summed E-state index contributed by atoms with van der Waals surface area (Å²) >= 11 is 0. The summed E-state index contributed by atoms with van der Waals surface area (Å²) in [6, 6.07) is 0. The third-order valence-corrected chi connectivity index (χ3v) is 5.20. The Hall–Kier alpha value is -0.370. The second-order valence-electron chi connectivity index (χ2n) is 7.35. The van der Waals surface area contributed by atoms with Crippen molar-refractivity contribution >= 4 is 5.78 Å². The summed E-state index contributed by atoms with van der Waals surface area (Å²) in [5.41, 5.74) is 0. The van der Waals surface area contributed by atoms with Crippen LogP contribution in [0.3, 0.4) is 0 Å². The second kappa shape index (κ2) is 15.2. The van der Waals surface area contributed by atoms with Gasteiger partial charge in [0.05, 0.1) is 0 Å². The number of rotatable bonds is 15. The Balaban J connectivity index is 1.76. The van der Waals surface area contributed by atoms with Gasteiger partial charge in [-0.3, -0.25) is 4.79 Å². The summed E-state index contributed by atoms with van der Waals surface area (Å²) in [6.45, 7) is 3.85. The highest BCUT2D eigenvalue weighted by atomic mass is 16.5. The molecule has 0 N–H and O–H groups in total. The fourth-order valence-electron chi connectivity index (χ4n) is 3.54. The van der Waals surface area contributed by atoms with Gasteiger partial charge in [0.15, 0.2) is 0 Å². The van der Waals surface area contributed by atoms with Crippen LogP contribution in [0.1, 0.15) is 110 Å². The lowest BCUT2D eigenvalue weighted by Gasteiger charge is -2.20. The van der Waals surface area contributed by atoms with Crippen LogP contribution in [0, 0.1) is 5.92 Å². The van der Waals surface area contributed by atoms with E-state index in [4.69, 9.17) is 4.74 Å². The van der Waals surface area contributed by atoms with E-state index in [-0.39, 0.29) is 0 Å². The van der Waals surface area contributed by atoms with Crippen LogP contribution in [-0.2, 0) is 9.53 Å². The van der Waals surface area contributed by atoms with Crippen LogP contribution in [0.4, 0.5) is 0 Å². The molecule has 0 unspecified atom stereocenters. The fraction of sp³-hybridized carbons (Fsp3) is 0.952. The number of hydrogen-bond donors (Lipinski definition) is 0.